The molecule has 0 N–H and O–H groups in total. The summed E-state index contributed by atoms with van der Waals surface area (Å²) >= 11 is 0. The second-order valence-corrected chi connectivity index (χ2v) is 8.04. The van der Waals surface area contributed by atoms with Crippen molar-refractivity contribution in [2.45, 2.75) is 45.4 Å². The molecule has 0 aromatic carbocycles. The van der Waals surface area contributed by atoms with Crippen molar-refractivity contribution < 1.29 is 14.0 Å². The quantitative estimate of drug-likeness (QED) is 0.738. The summed E-state index contributed by atoms with van der Waals surface area (Å²) in [7, 11) is -0.404. The molecule has 27 heavy (non-hydrogen) atoms. The van der Waals surface area contributed by atoms with E-state index in [1.807, 2.05) is 50.7 Å². The molecule has 2 aromatic rings. The van der Waals surface area contributed by atoms with E-state index in [0.29, 0.717) is 6.54 Å². The molecule has 0 radical (unpaired) electrons. The number of hydrogen-bond acceptors (Lipinski definition) is 7. The van der Waals surface area contributed by atoms with Crippen LogP contribution in [-0.2, 0) is 20.6 Å². The minimum absolute atomic E-state index is 0.361. The van der Waals surface area contributed by atoms with Gasteiger partial charge in [0.05, 0.1) is 36.7 Å². The van der Waals surface area contributed by atoms with E-state index in [-0.39, 0.29) is 11.2 Å². The largest absolute Gasteiger partial charge is 0.498 e. The second kappa shape index (κ2) is 6.89. The standard InChI is InChI=1S/C18H26BN5O3/c1-17(2)18(3,4)27-19(26-17)14-11-20-24(12-14)13-15-5-6-16(22-21-15)23-7-9-25-10-8-23/h5-6,11-12H,7-10,13H2,1-4H3. The normalized spacial score (nSPS) is 21.6. The number of anilines is 1. The molecule has 0 amide bonds. The van der Waals surface area contributed by atoms with Gasteiger partial charge in [-0.3, -0.25) is 4.68 Å². The van der Waals surface area contributed by atoms with Crippen LogP contribution in [0.2, 0.25) is 0 Å². The van der Waals surface area contributed by atoms with Crippen LogP contribution in [-0.4, -0.2) is 64.6 Å². The average molecular weight is 371 g/mol. The molecule has 0 atom stereocenters. The SMILES string of the molecule is CC1(C)OB(c2cnn(Cc3ccc(N4CCOCC4)nn3)c2)OC1(C)C. The maximum Gasteiger partial charge on any atom is 0.498 e. The van der Waals surface area contributed by atoms with Crippen molar-refractivity contribution in [3.05, 3.63) is 30.2 Å². The zero-order valence-corrected chi connectivity index (χ0v) is 16.4. The smallest absolute Gasteiger partial charge is 0.399 e. The predicted molar refractivity (Wildman–Crippen MR) is 102 cm³/mol. The summed E-state index contributed by atoms with van der Waals surface area (Å²) in [5.74, 6) is 0.889. The zero-order chi connectivity index (χ0) is 19.1. The molecular formula is C18H26BN5O3. The van der Waals surface area contributed by atoms with Gasteiger partial charge in [0.2, 0.25) is 0 Å². The number of ether oxygens (including phenoxy) is 1. The Bertz CT molecular complexity index is 771. The van der Waals surface area contributed by atoms with Gasteiger partial charge < -0.3 is 18.9 Å². The zero-order valence-electron chi connectivity index (χ0n) is 16.4. The number of nitrogens with zero attached hydrogens (tertiary/aromatic N) is 5. The monoisotopic (exact) mass is 371 g/mol. The first-order valence-electron chi connectivity index (χ1n) is 9.37. The fourth-order valence-corrected chi connectivity index (χ4v) is 3.13. The van der Waals surface area contributed by atoms with Crippen molar-refractivity contribution in [1.29, 1.82) is 0 Å². The van der Waals surface area contributed by atoms with Crippen LogP contribution in [0.3, 0.4) is 0 Å². The Morgan fingerprint density at radius 3 is 2.37 bits per heavy atom. The highest BCUT2D eigenvalue weighted by molar-refractivity contribution is 6.61. The molecule has 2 aromatic heterocycles. The molecule has 2 aliphatic heterocycles. The van der Waals surface area contributed by atoms with E-state index in [1.165, 1.54) is 0 Å². The average Bonchev–Trinajstić information content (AvgIpc) is 3.18. The van der Waals surface area contributed by atoms with Crippen molar-refractivity contribution in [2.24, 2.45) is 0 Å². The third-order valence-electron chi connectivity index (χ3n) is 5.54. The summed E-state index contributed by atoms with van der Waals surface area (Å²) in [6.07, 6.45) is 3.73. The Balaban J connectivity index is 1.41. The number of morpholine rings is 1. The summed E-state index contributed by atoms with van der Waals surface area (Å²) in [5, 5.41) is 13.1. The van der Waals surface area contributed by atoms with Crippen molar-refractivity contribution in [3.63, 3.8) is 0 Å². The van der Waals surface area contributed by atoms with Gasteiger partial charge in [-0.25, -0.2) is 0 Å². The van der Waals surface area contributed by atoms with Gasteiger partial charge in [0.25, 0.3) is 0 Å². The van der Waals surface area contributed by atoms with Crippen LogP contribution in [0.5, 0.6) is 0 Å². The topological polar surface area (TPSA) is 74.5 Å². The van der Waals surface area contributed by atoms with Crippen LogP contribution >= 0.6 is 0 Å². The predicted octanol–water partition coefficient (Wildman–Crippen LogP) is 0.857. The van der Waals surface area contributed by atoms with Crippen molar-refractivity contribution in [2.75, 3.05) is 31.2 Å². The molecule has 0 saturated carbocycles. The lowest BCUT2D eigenvalue weighted by Gasteiger charge is -2.32. The molecule has 0 bridgehead atoms. The molecule has 2 saturated heterocycles. The van der Waals surface area contributed by atoms with Gasteiger partial charge in [-0.15, -0.1) is 5.10 Å². The van der Waals surface area contributed by atoms with Crippen LogP contribution in [0.15, 0.2) is 24.5 Å². The molecule has 8 nitrogen and oxygen atoms in total. The van der Waals surface area contributed by atoms with E-state index in [1.54, 1.807) is 6.20 Å². The lowest BCUT2D eigenvalue weighted by molar-refractivity contribution is 0.00578. The maximum absolute atomic E-state index is 6.08. The number of aromatic nitrogens is 4. The highest BCUT2D eigenvalue weighted by atomic mass is 16.7. The molecule has 144 valence electrons. The van der Waals surface area contributed by atoms with E-state index in [4.69, 9.17) is 14.0 Å². The molecule has 0 aliphatic carbocycles. The summed E-state index contributed by atoms with van der Waals surface area (Å²) in [4.78, 5) is 2.19. The molecule has 4 heterocycles. The Hall–Kier alpha value is -1.97. The van der Waals surface area contributed by atoms with Gasteiger partial charge >= 0.3 is 7.12 Å². The molecule has 2 fully saturated rings. The minimum Gasteiger partial charge on any atom is -0.399 e. The van der Waals surface area contributed by atoms with Crippen LogP contribution in [0.4, 0.5) is 5.82 Å². The fourth-order valence-electron chi connectivity index (χ4n) is 3.13. The second-order valence-electron chi connectivity index (χ2n) is 8.04. The van der Waals surface area contributed by atoms with E-state index >= 15 is 0 Å². The van der Waals surface area contributed by atoms with Crippen LogP contribution in [0.25, 0.3) is 0 Å². The molecule has 9 heteroatoms. The Morgan fingerprint density at radius 2 is 1.74 bits per heavy atom. The van der Waals surface area contributed by atoms with Crippen molar-refractivity contribution in [3.8, 4) is 0 Å². The minimum atomic E-state index is -0.404. The van der Waals surface area contributed by atoms with Gasteiger partial charge in [-0.05, 0) is 39.8 Å². The van der Waals surface area contributed by atoms with Crippen molar-refractivity contribution >= 4 is 18.4 Å². The Labute approximate surface area is 159 Å². The molecule has 0 unspecified atom stereocenters. The fraction of sp³-hybridized carbons (Fsp3) is 0.611. The summed E-state index contributed by atoms with van der Waals surface area (Å²) in [6, 6.07) is 4.00. The van der Waals surface area contributed by atoms with Gasteiger partial charge in [0.15, 0.2) is 5.82 Å². The molecular weight excluding hydrogens is 345 g/mol. The molecule has 0 spiro atoms. The molecule has 2 aliphatic rings. The van der Waals surface area contributed by atoms with E-state index in [9.17, 15) is 0 Å². The number of rotatable bonds is 4. The van der Waals surface area contributed by atoms with Gasteiger partial charge in [0.1, 0.15) is 0 Å². The van der Waals surface area contributed by atoms with Crippen LogP contribution < -0.4 is 10.4 Å². The highest BCUT2D eigenvalue weighted by Gasteiger charge is 2.52. The van der Waals surface area contributed by atoms with E-state index in [0.717, 1.165) is 43.3 Å². The number of hydrogen-bond donors (Lipinski definition) is 0. The first kappa shape index (κ1) is 18.4. The summed E-state index contributed by atoms with van der Waals surface area (Å²) in [6.45, 7) is 11.9. The summed E-state index contributed by atoms with van der Waals surface area (Å²) in [5.41, 5.74) is 1.04. The maximum atomic E-state index is 6.08. The lowest BCUT2D eigenvalue weighted by Crippen LogP contribution is -2.41. The summed E-state index contributed by atoms with van der Waals surface area (Å²) < 4.78 is 19.4. The highest BCUT2D eigenvalue weighted by Crippen LogP contribution is 2.36. The third kappa shape index (κ3) is 3.72. The van der Waals surface area contributed by atoms with Gasteiger partial charge in [-0.1, -0.05) is 0 Å². The first-order chi connectivity index (χ1) is 12.8. The first-order valence-corrected chi connectivity index (χ1v) is 9.37. The van der Waals surface area contributed by atoms with E-state index in [2.05, 4.69) is 20.2 Å². The molecule has 4 rings (SSSR count). The Kier molecular flexibility index (Phi) is 4.69. The lowest BCUT2D eigenvalue weighted by atomic mass is 9.82. The van der Waals surface area contributed by atoms with Crippen LogP contribution in [0.1, 0.15) is 33.4 Å². The van der Waals surface area contributed by atoms with Crippen LogP contribution in [0, 0.1) is 0 Å². The Morgan fingerprint density at radius 1 is 1.04 bits per heavy atom. The van der Waals surface area contributed by atoms with Gasteiger partial charge in [0, 0.05) is 30.9 Å². The van der Waals surface area contributed by atoms with Gasteiger partial charge in [-0.2, -0.15) is 10.2 Å². The van der Waals surface area contributed by atoms with Crippen molar-refractivity contribution in [1.82, 2.24) is 20.0 Å². The third-order valence-corrected chi connectivity index (χ3v) is 5.54. The van der Waals surface area contributed by atoms with E-state index < -0.39 is 7.12 Å².